The van der Waals surface area contributed by atoms with Crippen molar-refractivity contribution in [1.82, 2.24) is 10.2 Å². The van der Waals surface area contributed by atoms with Gasteiger partial charge in [0, 0.05) is 22.6 Å². The van der Waals surface area contributed by atoms with E-state index in [2.05, 4.69) is 42.2 Å². The molecule has 0 spiro atoms. The lowest BCUT2D eigenvalue weighted by molar-refractivity contribution is -0.384. The number of hydrogen-bond donors (Lipinski definition) is 0. The minimum Gasteiger partial charge on any atom is -0.419 e. The fraction of sp³-hybridized carbons (Fsp3) is 0.222. The summed E-state index contributed by atoms with van der Waals surface area (Å²) in [5.41, 5.74) is 3.19. The SMILES string of the molecule is Cc1ccc(S[C@H](C)c2nnc(-c3ccc([N+](=O)[O-])cc3)o2)cc1C. The zero-order valence-electron chi connectivity index (χ0n) is 14.1. The third-order valence-electron chi connectivity index (χ3n) is 3.90. The first kappa shape index (κ1) is 17.2. The number of non-ortho nitro benzene ring substituents is 1. The standard InChI is InChI=1S/C18H17N3O3S/c1-11-4-9-16(10-12(11)2)25-13(3)17-19-20-18(24-17)14-5-7-15(8-6-14)21(22)23/h4-10,13H,1-3H3/t13-/m1/s1. The van der Waals surface area contributed by atoms with Crippen molar-refractivity contribution in [3.8, 4) is 11.5 Å². The molecule has 1 heterocycles. The van der Waals surface area contributed by atoms with Crippen LogP contribution in [0.5, 0.6) is 0 Å². The van der Waals surface area contributed by atoms with E-state index in [-0.39, 0.29) is 10.9 Å². The summed E-state index contributed by atoms with van der Waals surface area (Å²) in [6.07, 6.45) is 0. The zero-order chi connectivity index (χ0) is 18.0. The Morgan fingerprint density at radius 1 is 1.08 bits per heavy atom. The molecule has 3 rings (SSSR count). The van der Waals surface area contributed by atoms with Crippen molar-refractivity contribution in [2.45, 2.75) is 30.9 Å². The molecule has 25 heavy (non-hydrogen) atoms. The first-order valence-corrected chi connectivity index (χ1v) is 8.64. The van der Waals surface area contributed by atoms with Crippen LogP contribution in [0.1, 0.15) is 29.2 Å². The van der Waals surface area contributed by atoms with E-state index in [1.807, 2.05) is 6.92 Å². The smallest absolute Gasteiger partial charge is 0.269 e. The van der Waals surface area contributed by atoms with Crippen LogP contribution < -0.4 is 0 Å². The van der Waals surface area contributed by atoms with E-state index in [0.29, 0.717) is 17.3 Å². The lowest BCUT2D eigenvalue weighted by Gasteiger charge is -2.08. The van der Waals surface area contributed by atoms with Gasteiger partial charge in [-0.15, -0.1) is 22.0 Å². The van der Waals surface area contributed by atoms with Crippen LogP contribution in [-0.2, 0) is 0 Å². The lowest BCUT2D eigenvalue weighted by Crippen LogP contribution is -1.89. The van der Waals surface area contributed by atoms with E-state index in [9.17, 15) is 10.1 Å². The first-order valence-electron chi connectivity index (χ1n) is 7.76. The van der Waals surface area contributed by atoms with Crippen molar-refractivity contribution in [2.24, 2.45) is 0 Å². The molecule has 1 aromatic heterocycles. The summed E-state index contributed by atoms with van der Waals surface area (Å²) in [7, 11) is 0. The van der Waals surface area contributed by atoms with Crippen molar-refractivity contribution in [2.75, 3.05) is 0 Å². The van der Waals surface area contributed by atoms with Gasteiger partial charge in [0.25, 0.3) is 5.69 Å². The number of hydrogen-bond acceptors (Lipinski definition) is 6. The highest BCUT2D eigenvalue weighted by atomic mass is 32.2. The van der Waals surface area contributed by atoms with Gasteiger partial charge in [0.2, 0.25) is 11.8 Å². The van der Waals surface area contributed by atoms with Crippen LogP contribution in [0.3, 0.4) is 0 Å². The van der Waals surface area contributed by atoms with Gasteiger partial charge in [-0.05, 0) is 56.2 Å². The first-order chi connectivity index (χ1) is 11.9. The Morgan fingerprint density at radius 2 is 1.80 bits per heavy atom. The summed E-state index contributed by atoms with van der Waals surface area (Å²) in [4.78, 5) is 11.4. The van der Waals surface area contributed by atoms with Crippen molar-refractivity contribution < 1.29 is 9.34 Å². The highest BCUT2D eigenvalue weighted by molar-refractivity contribution is 7.99. The number of nitro groups is 1. The molecular weight excluding hydrogens is 338 g/mol. The van der Waals surface area contributed by atoms with Crippen LogP contribution in [0.15, 0.2) is 51.8 Å². The number of thioether (sulfide) groups is 1. The third-order valence-corrected chi connectivity index (χ3v) is 4.99. The number of aryl methyl sites for hydroxylation is 2. The summed E-state index contributed by atoms with van der Waals surface area (Å²) in [6.45, 7) is 6.18. The number of nitrogens with zero attached hydrogens (tertiary/aromatic N) is 3. The van der Waals surface area contributed by atoms with Crippen molar-refractivity contribution in [1.29, 1.82) is 0 Å². The fourth-order valence-electron chi connectivity index (χ4n) is 2.28. The van der Waals surface area contributed by atoms with Gasteiger partial charge in [-0.3, -0.25) is 10.1 Å². The quantitative estimate of drug-likeness (QED) is 0.359. The van der Waals surface area contributed by atoms with Crippen molar-refractivity contribution in [3.05, 3.63) is 69.6 Å². The van der Waals surface area contributed by atoms with Crippen molar-refractivity contribution >= 4 is 17.4 Å². The second-order valence-electron chi connectivity index (χ2n) is 5.76. The molecule has 128 valence electrons. The van der Waals surface area contributed by atoms with E-state index in [0.717, 1.165) is 4.90 Å². The minimum absolute atomic E-state index is 0.00130. The van der Waals surface area contributed by atoms with Crippen LogP contribution in [-0.4, -0.2) is 15.1 Å². The predicted octanol–water partition coefficient (Wildman–Crippen LogP) is 5.11. The van der Waals surface area contributed by atoms with Gasteiger partial charge in [0.15, 0.2) is 0 Å². The molecule has 0 aliphatic carbocycles. The Kier molecular flexibility index (Phi) is 4.85. The van der Waals surface area contributed by atoms with Gasteiger partial charge in [-0.2, -0.15) is 0 Å². The maximum Gasteiger partial charge on any atom is 0.269 e. The topological polar surface area (TPSA) is 82.1 Å². The van der Waals surface area contributed by atoms with E-state index < -0.39 is 4.92 Å². The van der Waals surface area contributed by atoms with Gasteiger partial charge in [0.05, 0.1) is 10.2 Å². The molecule has 0 saturated heterocycles. The Labute approximate surface area is 149 Å². The van der Waals surface area contributed by atoms with E-state index in [4.69, 9.17) is 4.42 Å². The highest BCUT2D eigenvalue weighted by Crippen LogP contribution is 2.35. The van der Waals surface area contributed by atoms with Gasteiger partial charge >= 0.3 is 0 Å². The summed E-state index contributed by atoms with van der Waals surface area (Å²) in [5.74, 6) is 0.883. The number of benzene rings is 2. The van der Waals surface area contributed by atoms with Crippen LogP contribution >= 0.6 is 11.8 Å². The Balaban J connectivity index is 1.75. The van der Waals surface area contributed by atoms with Crippen molar-refractivity contribution in [3.63, 3.8) is 0 Å². The van der Waals surface area contributed by atoms with E-state index in [1.165, 1.54) is 23.3 Å². The number of aromatic nitrogens is 2. The summed E-state index contributed by atoms with van der Waals surface area (Å²) in [5, 5.41) is 18.9. The van der Waals surface area contributed by atoms with Gasteiger partial charge in [0.1, 0.15) is 0 Å². The van der Waals surface area contributed by atoms with Gasteiger partial charge < -0.3 is 4.42 Å². The van der Waals surface area contributed by atoms with Gasteiger partial charge in [-0.1, -0.05) is 6.07 Å². The summed E-state index contributed by atoms with van der Waals surface area (Å²) >= 11 is 1.65. The average molecular weight is 355 g/mol. The molecule has 2 aromatic carbocycles. The zero-order valence-corrected chi connectivity index (χ0v) is 14.9. The normalized spacial score (nSPS) is 12.1. The maximum atomic E-state index is 10.7. The largest absolute Gasteiger partial charge is 0.419 e. The number of rotatable bonds is 5. The third kappa shape index (κ3) is 3.88. The highest BCUT2D eigenvalue weighted by Gasteiger charge is 2.17. The predicted molar refractivity (Wildman–Crippen MR) is 96.6 cm³/mol. The van der Waals surface area contributed by atoms with Crippen LogP contribution in [0.4, 0.5) is 5.69 Å². The molecule has 6 nitrogen and oxygen atoms in total. The Bertz CT molecular complexity index is 906. The van der Waals surface area contributed by atoms with Gasteiger partial charge in [-0.25, -0.2) is 0 Å². The molecule has 0 aliphatic heterocycles. The molecule has 0 N–H and O–H groups in total. The molecule has 0 aliphatic rings. The fourth-order valence-corrected chi connectivity index (χ4v) is 3.28. The maximum absolute atomic E-state index is 10.7. The van der Waals surface area contributed by atoms with Crippen LogP contribution in [0.25, 0.3) is 11.5 Å². The number of nitro benzene ring substituents is 1. The molecule has 0 bridgehead atoms. The molecule has 0 amide bonds. The molecular formula is C18H17N3O3S. The molecule has 0 unspecified atom stereocenters. The second-order valence-corrected chi connectivity index (χ2v) is 7.17. The molecule has 7 heteroatoms. The Morgan fingerprint density at radius 3 is 2.44 bits per heavy atom. The van der Waals surface area contributed by atoms with Crippen LogP contribution in [0.2, 0.25) is 0 Å². The second kappa shape index (κ2) is 7.06. The molecule has 0 saturated carbocycles. The van der Waals surface area contributed by atoms with E-state index in [1.54, 1.807) is 23.9 Å². The van der Waals surface area contributed by atoms with E-state index >= 15 is 0 Å². The monoisotopic (exact) mass is 355 g/mol. The lowest BCUT2D eigenvalue weighted by atomic mass is 10.1. The Hall–Kier alpha value is -2.67. The van der Waals surface area contributed by atoms with Crippen LogP contribution in [0, 0.1) is 24.0 Å². The summed E-state index contributed by atoms with van der Waals surface area (Å²) < 4.78 is 5.75. The average Bonchev–Trinajstić information content (AvgIpc) is 3.08. The molecule has 0 fully saturated rings. The molecule has 3 aromatic rings. The minimum atomic E-state index is -0.439. The molecule has 1 atom stereocenters. The summed E-state index contributed by atoms with van der Waals surface area (Å²) in [6, 6.07) is 12.4. The molecule has 0 radical (unpaired) electrons.